The minimum atomic E-state index is 0.0100. The van der Waals surface area contributed by atoms with Crippen molar-refractivity contribution in [3.05, 3.63) is 61.1 Å². The van der Waals surface area contributed by atoms with Gasteiger partial charge in [-0.3, -0.25) is 4.79 Å². The van der Waals surface area contributed by atoms with Crippen molar-refractivity contribution < 1.29 is 9.53 Å². The molecule has 0 aliphatic carbocycles. The SMILES string of the molecule is O=C(c1ccc(I)cc1)c1cc(Br)cc2c1OCC2. The molecule has 0 aromatic heterocycles. The first-order chi connectivity index (χ1) is 9.15. The van der Waals surface area contributed by atoms with Crippen LogP contribution in [0.1, 0.15) is 21.5 Å². The van der Waals surface area contributed by atoms with Crippen molar-refractivity contribution in [3.8, 4) is 5.75 Å². The Hall–Kier alpha value is -0.880. The predicted octanol–water partition coefficient (Wildman–Crippen LogP) is 4.22. The highest BCUT2D eigenvalue weighted by atomic mass is 127. The van der Waals surface area contributed by atoms with E-state index in [-0.39, 0.29) is 5.78 Å². The second kappa shape index (κ2) is 5.25. The molecule has 0 N–H and O–H groups in total. The third-order valence-corrected chi connectivity index (χ3v) is 4.28. The van der Waals surface area contributed by atoms with Crippen molar-refractivity contribution >= 4 is 44.3 Å². The highest BCUT2D eigenvalue weighted by Gasteiger charge is 2.22. The van der Waals surface area contributed by atoms with Gasteiger partial charge in [-0.15, -0.1) is 0 Å². The molecule has 0 fully saturated rings. The third-order valence-electron chi connectivity index (χ3n) is 3.10. The van der Waals surface area contributed by atoms with Gasteiger partial charge in [0.25, 0.3) is 0 Å². The Morgan fingerprint density at radius 2 is 1.95 bits per heavy atom. The summed E-state index contributed by atoms with van der Waals surface area (Å²) in [6.45, 7) is 0.652. The van der Waals surface area contributed by atoms with E-state index in [0.717, 1.165) is 25.8 Å². The molecule has 1 heterocycles. The molecule has 0 saturated heterocycles. The van der Waals surface area contributed by atoms with Gasteiger partial charge >= 0.3 is 0 Å². The largest absolute Gasteiger partial charge is 0.492 e. The summed E-state index contributed by atoms with van der Waals surface area (Å²) in [6.07, 6.45) is 0.863. The molecule has 96 valence electrons. The summed E-state index contributed by atoms with van der Waals surface area (Å²) < 4.78 is 7.65. The number of ether oxygens (including phenoxy) is 1. The van der Waals surface area contributed by atoms with Crippen molar-refractivity contribution in [2.45, 2.75) is 6.42 Å². The van der Waals surface area contributed by atoms with Crippen molar-refractivity contribution in [1.82, 2.24) is 0 Å². The van der Waals surface area contributed by atoms with Crippen LogP contribution in [0.3, 0.4) is 0 Å². The van der Waals surface area contributed by atoms with E-state index in [1.54, 1.807) is 0 Å². The summed E-state index contributed by atoms with van der Waals surface area (Å²) >= 11 is 5.69. The van der Waals surface area contributed by atoms with Crippen molar-refractivity contribution in [3.63, 3.8) is 0 Å². The third kappa shape index (κ3) is 2.56. The first kappa shape index (κ1) is 13.1. The summed E-state index contributed by atoms with van der Waals surface area (Å²) in [5.74, 6) is 0.752. The average molecular weight is 429 g/mol. The lowest BCUT2D eigenvalue weighted by atomic mass is 10.00. The molecule has 0 atom stereocenters. The molecule has 3 rings (SSSR count). The van der Waals surface area contributed by atoms with E-state index in [1.165, 1.54) is 0 Å². The summed E-state index contributed by atoms with van der Waals surface area (Å²) in [4.78, 5) is 12.6. The molecule has 0 radical (unpaired) electrons. The molecule has 4 heteroatoms. The highest BCUT2D eigenvalue weighted by Crippen LogP contribution is 2.34. The van der Waals surface area contributed by atoms with Crippen molar-refractivity contribution in [2.24, 2.45) is 0 Å². The Morgan fingerprint density at radius 1 is 1.21 bits per heavy atom. The maximum Gasteiger partial charge on any atom is 0.196 e. The topological polar surface area (TPSA) is 26.3 Å². The van der Waals surface area contributed by atoms with Crippen LogP contribution in [0, 0.1) is 3.57 Å². The lowest BCUT2D eigenvalue weighted by Crippen LogP contribution is -2.04. The van der Waals surface area contributed by atoms with Gasteiger partial charge in [-0.2, -0.15) is 0 Å². The Kier molecular flexibility index (Phi) is 3.62. The molecule has 0 bridgehead atoms. The molecule has 0 spiro atoms. The Bertz CT molecular complexity index is 650. The molecule has 1 aliphatic rings. The minimum Gasteiger partial charge on any atom is -0.492 e. The predicted molar refractivity (Wildman–Crippen MR) is 85.9 cm³/mol. The van der Waals surface area contributed by atoms with Crippen LogP contribution in [0.2, 0.25) is 0 Å². The monoisotopic (exact) mass is 428 g/mol. The number of carbonyl (C=O) groups excluding carboxylic acids is 1. The van der Waals surface area contributed by atoms with Gasteiger partial charge < -0.3 is 4.74 Å². The maximum absolute atomic E-state index is 12.6. The van der Waals surface area contributed by atoms with E-state index in [0.29, 0.717) is 17.7 Å². The fourth-order valence-electron chi connectivity index (χ4n) is 2.19. The van der Waals surface area contributed by atoms with Gasteiger partial charge in [0, 0.05) is 20.0 Å². The second-order valence-corrected chi connectivity index (χ2v) is 6.54. The Morgan fingerprint density at radius 3 is 2.68 bits per heavy atom. The van der Waals surface area contributed by atoms with Gasteiger partial charge in [0.05, 0.1) is 12.2 Å². The summed E-state index contributed by atoms with van der Waals surface area (Å²) in [5.41, 5.74) is 2.43. The zero-order chi connectivity index (χ0) is 13.4. The number of carbonyl (C=O) groups is 1. The lowest BCUT2D eigenvalue weighted by Gasteiger charge is -2.08. The van der Waals surface area contributed by atoms with Crippen molar-refractivity contribution in [2.75, 3.05) is 6.61 Å². The quantitative estimate of drug-likeness (QED) is 0.528. The normalized spacial score (nSPS) is 12.9. The lowest BCUT2D eigenvalue weighted by molar-refractivity contribution is 0.103. The van der Waals surface area contributed by atoms with Gasteiger partial charge in [0.1, 0.15) is 5.75 Å². The zero-order valence-electron chi connectivity index (χ0n) is 9.95. The molecule has 19 heavy (non-hydrogen) atoms. The van der Waals surface area contributed by atoms with E-state index in [4.69, 9.17) is 4.74 Å². The Labute approximate surface area is 133 Å². The van der Waals surface area contributed by atoms with Crippen molar-refractivity contribution in [1.29, 1.82) is 0 Å². The highest BCUT2D eigenvalue weighted by molar-refractivity contribution is 14.1. The van der Waals surface area contributed by atoms with Gasteiger partial charge in [-0.1, -0.05) is 15.9 Å². The standard InChI is InChI=1S/C15H10BrIO2/c16-11-7-10-5-6-19-15(10)13(8-11)14(18)9-1-3-12(17)4-2-9/h1-4,7-8H,5-6H2. The number of ketones is 1. The summed E-state index contributed by atoms with van der Waals surface area (Å²) in [7, 11) is 0. The van der Waals surface area contributed by atoms with Crippen LogP contribution in [0.5, 0.6) is 5.75 Å². The number of fused-ring (bicyclic) bond motifs is 1. The van der Waals surface area contributed by atoms with Crippen LogP contribution >= 0.6 is 38.5 Å². The van der Waals surface area contributed by atoms with E-state index >= 15 is 0 Å². The van der Waals surface area contributed by atoms with Crippen LogP contribution in [0.25, 0.3) is 0 Å². The fourth-order valence-corrected chi connectivity index (χ4v) is 3.06. The molecule has 1 aliphatic heterocycles. The maximum atomic E-state index is 12.6. The molecule has 0 unspecified atom stereocenters. The van der Waals surface area contributed by atoms with Crippen LogP contribution < -0.4 is 4.74 Å². The van der Waals surface area contributed by atoms with Gasteiger partial charge in [0.15, 0.2) is 5.78 Å². The average Bonchev–Trinajstić information content (AvgIpc) is 2.85. The number of halogens is 2. The number of rotatable bonds is 2. The number of benzene rings is 2. The van der Waals surface area contributed by atoms with Crippen LogP contribution in [-0.4, -0.2) is 12.4 Å². The van der Waals surface area contributed by atoms with Gasteiger partial charge in [-0.25, -0.2) is 0 Å². The number of hydrogen-bond donors (Lipinski definition) is 0. The molecule has 2 nitrogen and oxygen atoms in total. The number of hydrogen-bond acceptors (Lipinski definition) is 2. The molecule has 2 aromatic rings. The van der Waals surface area contributed by atoms with Gasteiger partial charge in [0.2, 0.25) is 0 Å². The van der Waals surface area contributed by atoms with E-state index < -0.39 is 0 Å². The zero-order valence-corrected chi connectivity index (χ0v) is 13.7. The van der Waals surface area contributed by atoms with Crippen LogP contribution in [0.4, 0.5) is 0 Å². The summed E-state index contributed by atoms with van der Waals surface area (Å²) in [6, 6.07) is 11.4. The minimum absolute atomic E-state index is 0.0100. The van der Waals surface area contributed by atoms with E-state index in [1.807, 2.05) is 36.4 Å². The Balaban J connectivity index is 2.07. The second-order valence-electron chi connectivity index (χ2n) is 4.38. The first-order valence-electron chi connectivity index (χ1n) is 5.90. The van der Waals surface area contributed by atoms with Crippen LogP contribution in [0.15, 0.2) is 40.9 Å². The fraction of sp³-hybridized carbons (Fsp3) is 0.133. The first-order valence-corrected chi connectivity index (χ1v) is 7.78. The molecule has 0 saturated carbocycles. The van der Waals surface area contributed by atoms with Gasteiger partial charge in [-0.05, 0) is 64.6 Å². The molecule has 0 amide bonds. The summed E-state index contributed by atoms with van der Waals surface area (Å²) in [5, 5.41) is 0. The van der Waals surface area contributed by atoms with E-state index in [2.05, 4.69) is 38.5 Å². The molecule has 2 aromatic carbocycles. The smallest absolute Gasteiger partial charge is 0.196 e. The van der Waals surface area contributed by atoms with Crippen LogP contribution in [-0.2, 0) is 6.42 Å². The van der Waals surface area contributed by atoms with E-state index in [9.17, 15) is 4.79 Å². The molecular formula is C15H10BrIO2. The molecular weight excluding hydrogens is 419 g/mol.